The third kappa shape index (κ3) is 3.93. The van der Waals surface area contributed by atoms with E-state index < -0.39 is 6.04 Å². The Morgan fingerprint density at radius 2 is 1.75 bits per heavy atom. The fourth-order valence-electron chi connectivity index (χ4n) is 5.10. The molecule has 0 aromatic heterocycles. The monoisotopic (exact) mass is 494 g/mol. The van der Waals surface area contributed by atoms with Gasteiger partial charge in [0.25, 0.3) is 5.91 Å². The Hall–Kier alpha value is -3.71. The second-order valence-corrected chi connectivity index (χ2v) is 10.3. The number of anilines is 1. The number of carbonyl (C=O) groups excluding carboxylic acids is 2. The second kappa shape index (κ2) is 9.39. The number of hydrogen-bond donors (Lipinski definition) is 0. The first kappa shape index (κ1) is 22.7. The van der Waals surface area contributed by atoms with Gasteiger partial charge in [0.1, 0.15) is 11.9 Å². The summed E-state index contributed by atoms with van der Waals surface area (Å²) >= 11 is 1.44. The topological polar surface area (TPSA) is 65.3 Å². The minimum absolute atomic E-state index is 0.0811. The maximum atomic E-state index is 13.7. The molecule has 3 aliphatic heterocycles. The van der Waals surface area contributed by atoms with Gasteiger partial charge in [-0.1, -0.05) is 79.3 Å². The number of benzene rings is 3. The smallest absolute Gasteiger partial charge is 0.271 e. The molecule has 0 radical (unpaired) electrons. The van der Waals surface area contributed by atoms with Crippen molar-refractivity contribution in [3.63, 3.8) is 0 Å². The standard InChI is InChI=1S/C29H26N4O2S/c1-2-25(28(35)32-17-16-20-12-6-9-15-23(20)32)36-29-30-22-14-8-7-13-21(22)26-31-27(34)24(33(26)29)18-19-10-4-3-5-11-19/h3-15,24-25H,2,16-18H2,1H3. The lowest BCUT2D eigenvalue weighted by Crippen LogP contribution is -2.46. The van der Waals surface area contributed by atoms with Gasteiger partial charge in [-0.2, -0.15) is 4.99 Å². The van der Waals surface area contributed by atoms with Gasteiger partial charge in [0.05, 0.1) is 10.9 Å². The number of thioether (sulfide) groups is 1. The third-order valence-electron chi connectivity index (χ3n) is 6.93. The van der Waals surface area contributed by atoms with Gasteiger partial charge in [-0.05, 0) is 42.2 Å². The molecular formula is C29H26N4O2S. The SMILES string of the molecule is CCC(SC1=Nc2ccccc2C2=NC(=O)C(Cc3ccccc3)N12)C(=O)N1CCc2ccccc21. The number of fused-ring (bicyclic) bond motifs is 4. The molecular weight excluding hydrogens is 468 g/mol. The Balaban J connectivity index is 1.34. The molecule has 0 N–H and O–H groups in total. The van der Waals surface area contributed by atoms with E-state index in [0.29, 0.717) is 30.4 Å². The van der Waals surface area contributed by atoms with Crippen molar-refractivity contribution in [2.75, 3.05) is 11.4 Å². The Morgan fingerprint density at radius 3 is 2.58 bits per heavy atom. The molecule has 3 aromatic rings. The molecule has 2 amide bonds. The molecule has 6 rings (SSSR count). The largest absolute Gasteiger partial charge is 0.311 e. The summed E-state index contributed by atoms with van der Waals surface area (Å²) in [5, 5.41) is 0.335. The van der Waals surface area contributed by atoms with Crippen LogP contribution in [0.1, 0.15) is 30.0 Å². The molecule has 0 bridgehead atoms. The molecule has 6 nitrogen and oxygen atoms in total. The number of nitrogens with zero attached hydrogens (tertiary/aromatic N) is 4. The minimum atomic E-state index is -0.484. The fraction of sp³-hybridized carbons (Fsp3) is 0.241. The van der Waals surface area contributed by atoms with Gasteiger partial charge >= 0.3 is 0 Å². The van der Waals surface area contributed by atoms with Crippen LogP contribution in [0.4, 0.5) is 11.4 Å². The average Bonchev–Trinajstić information content (AvgIpc) is 3.49. The van der Waals surface area contributed by atoms with E-state index in [9.17, 15) is 9.59 Å². The predicted octanol–water partition coefficient (Wildman–Crippen LogP) is 4.99. The van der Waals surface area contributed by atoms with E-state index in [0.717, 1.165) is 28.9 Å². The molecule has 0 saturated carbocycles. The molecule has 2 unspecified atom stereocenters. The van der Waals surface area contributed by atoms with E-state index in [-0.39, 0.29) is 17.1 Å². The van der Waals surface area contributed by atoms with E-state index in [4.69, 9.17) is 4.99 Å². The van der Waals surface area contributed by atoms with Crippen LogP contribution in [0.15, 0.2) is 88.8 Å². The van der Waals surface area contributed by atoms with E-state index in [1.807, 2.05) is 89.5 Å². The average molecular weight is 495 g/mol. The molecule has 0 fully saturated rings. The first-order valence-corrected chi connectivity index (χ1v) is 13.2. The highest BCUT2D eigenvalue weighted by atomic mass is 32.2. The van der Waals surface area contributed by atoms with Gasteiger partial charge < -0.3 is 4.90 Å². The van der Waals surface area contributed by atoms with Crippen LogP contribution in [0.25, 0.3) is 0 Å². The van der Waals surface area contributed by atoms with E-state index >= 15 is 0 Å². The summed E-state index contributed by atoms with van der Waals surface area (Å²) in [6.07, 6.45) is 2.05. The molecule has 2 atom stereocenters. The summed E-state index contributed by atoms with van der Waals surface area (Å²) in [6.45, 7) is 2.72. The Labute approximate surface area is 214 Å². The minimum Gasteiger partial charge on any atom is -0.311 e. The van der Waals surface area contributed by atoms with E-state index in [2.05, 4.69) is 11.1 Å². The van der Waals surface area contributed by atoms with Gasteiger partial charge in [-0.3, -0.25) is 14.5 Å². The van der Waals surface area contributed by atoms with Crippen LogP contribution in [0.2, 0.25) is 0 Å². The lowest BCUT2D eigenvalue weighted by molar-refractivity contribution is -0.119. The van der Waals surface area contributed by atoms with Crippen LogP contribution in [0.3, 0.4) is 0 Å². The Kier molecular flexibility index (Phi) is 5.93. The van der Waals surface area contributed by atoms with Gasteiger partial charge in [-0.25, -0.2) is 4.99 Å². The number of aliphatic imine (C=N–C) groups is 2. The molecule has 3 heterocycles. The van der Waals surface area contributed by atoms with Crippen LogP contribution in [-0.2, 0) is 22.4 Å². The van der Waals surface area contributed by atoms with E-state index in [1.54, 1.807) is 0 Å². The van der Waals surface area contributed by atoms with Crippen molar-refractivity contribution in [3.8, 4) is 0 Å². The van der Waals surface area contributed by atoms with Gasteiger partial charge in [0.2, 0.25) is 5.91 Å². The molecule has 7 heteroatoms. The number of amidine groups is 2. The first-order valence-electron chi connectivity index (χ1n) is 12.3. The number of hydrogen-bond acceptors (Lipinski definition) is 5. The zero-order chi connectivity index (χ0) is 24.6. The number of amides is 2. The first-order chi connectivity index (χ1) is 17.6. The summed E-state index contributed by atoms with van der Waals surface area (Å²) in [5.74, 6) is 0.534. The fourth-order valence-corrected chi connectivity index (χ4v) is 6.23. The lowest BCUT2D eigenvalue weighted by Gasteiger charge is -2.33. The molecule has 0 saturated heterocycles. The zero-order valence-electron chi connectivity index (χ0n) is 20.0. The van der Waals surface area contributed by atoms with Crippen LogP contribution < -0.4 is 4.90 Å². The summed E-state index contributed by atoms with van der Waals surface area (Å²) in [4.78, 5) is 40.2. The lowest BCUT2D eigenvalue weighted by atomic mass is 10.0. The summed E-state index contributed by atoms with van der Waals surface area (Å²) < 4.78 is 0. The third-order valence-corrected chi connectivity index (χ3v) is 8.25. The number of rotatable bonds is 5. The van der Waals surface area contributed by atoms with Crippen LogP contribution in [0, 0.1) is 0 Å². The van der Waals surface area contributed by atoms with Crippen molar-refractivity contribution in [1.82, 2.24) is 4.90 Å². The Morgan fingerprint density at radius 1 is 1.00 bits per heavy atom. The van der Waals surface area contributed by atoms with Crippen molar-refractivity contribution in [2.24, 2.45) is 9.98 Å². The zero-order valence-corrected chi connectivity index (χ0v) is 20.8. The number of para-hydroxylation sites is 2. The van der Waals surface area contributed by atoms with Gasteiger partial charge in [0.15, 0.2) is 5.17 Å². The molecule has 0 aliphatic carbocycles. The summed E-state index contributed by atoms with van der Waals surface area (Å²) in [7, 11) is 0. The molecule has 180 valence electrons. The van der Waals surface area contributed by atoms with Gasteiger partial charge in [0, 0.05) is 24.2 Å². The van der Waals surface area contributed by atoms with Crippen LogP contribution in [-0.4, -0.2) is 45.6 Å². The number of carbonyl (C=O) groups is 2. The van der Waals surface area contributed by atoms with Crippen molar-refractivity contribution >= 4 is 46.0 Å². The molecule has 0 spiro atoms. The van der Waals surface area contributed by atoms with Gasteiger partial charge in [-0.15, -0.1) is 0 Å². The second-order valence-electron chi connectivity index (χ2n) is 9.14. The Bertz CT molecular complexity index is 1400. The van der Waals surface area contributed by atoms with Crippen molar-refractivity contribution < 1.29 is 9.59 Å². The maximum absolute atomic E-state index is 13.7. The highest BCUT2D eigenvalue weighted by Crippen LogP contribution is 2.38. The van der Waals surface area contributed by atoms with Crippen molar-refractivity contribution in [3.05, 3.63) is 95.6 Å². The molecule has 3 aliphatic rings. The molecule has 3 aromatic carbocycles. The van der Waals surface area contributed by atoms with E-state index in [1.165, 1.54) is 17.3 Å². The highest BCUT2D eigenvalue weighted by Gasteiger charge is 2.43. The summed E-state index contributed by atoms with van der Waals surface area (Å²) in [6, 6.07) is 25.4. The summed E-state index contributed by atoms with van der Waals surface area (Å²) in [5.41, 5.74) is 4.89. The normalized spacial score (nSPS) is 18.8. The van der Waals surface area contributed by atoms with Crippen LogP contribution >= 0.6 is 11.8 Å². The quantitative estimate of drug-likeness (QED) is 0.501. The molecule has 36 heavy (non-hydrogen) atoms. The maximum Gasteiger partial charge on any atom is 0.271 e. The van der Waals surface area contributed by atoms with Crippen LogP contribution in [0.5, 0.6) is 0 Å². The van der Waals surface area contributed by atoms with Crippen molar-refractivity contribution in [1.29, 1.82) is 0 Å². The predicted molar refractivity (Wildman–Crippen MR) is 145 cm³/mol. The highest BCUT2D eigenvalue weighted by molar-refractivity contribution is 8.15. The van der Waals surface area contributed by atoms with Crippen molar-refractivity contribution in [2.45, 2.75) is 37.5 Å².